The van der Waals surface area contributed by atoms with E-state index in [0.717, 1.165) is 22.0 Å². The summed E-state index contributed by atoms with van der Waals surface area (Å²) >= 11 is 0. The van der Waals surface area contributed by atoms with Gasteiger partial charge < -0.3 is 9.64 Å². The maximum atomic E-state index is 13.4. The Labute approximate surface area is 243 Å². The van der Waals surface area contributed by atoms with Crippen LogP contribution in [0.4, 0.5) is 5.69 Å². The maximum absolute atomic E-state index is 13.4. The summed E-state index contributed by atoms with van der Waals surface area (Å²) in [6.07, 6.45) is 6.29. The van der Waals surface area contributed by atoms with E-state index in [1.54, 1.807) is 30.3 Å². The predicted octanol–water partition coefficient (Wildman–Crippen LogP) is 7.30. The van der Waals surface area contributed by atoms with E-state index in [2.05, 4.69) is 17.0 Å². The average Bonchev–Trinajstić information content (AvgIpc) is 3.28. The third-order valence-corrected chi connectivity index (χ3v) is 7.52. The topological polar surface area (TPSA) is 94.2 Å². The third-order valence-electron chi connectivity index (χ3n) is 7.52. The van der Waals surface area contributed by atoms with Crippen molar-refractivity contribution in [1.29, 1.82) is 10.5 Å². The summed E-state index contributed by atoms with van der Waals surface area (Å²) in [6.45, 7) is 1.08. The summed E-state index contributed by atoms with van der Waals surface area (Å²) in [5, 5.41) is 20.3. The van der Waals surface area contributed by atoms with Crippen LogP contribution in [0.5, 0.6) is 5.75 Å². The van der Waals surface area contributed by atoms with Crippen molar-refractivity contribution in [3.05, 3.63) is 131 Å². The number of allylic oxidation sites excluding steroid dienone is 4. The molecule has 4 aromatic rings. The van der Waals surface area contributed by atoms with Crippen molar-refractivity contribution in [3.8, 4) is 17.9 Å². The molecule has 1 aliphatic heterocycles. The highest BCUT2D eigenvalue weighted by atomic mass is 16.5. The molecule has 0 saturated heterocycles. The third kappa shape index (κ3) is 4.76. The minimum atomic E-state index is -0.277. The summed E-state index contributed by atoms with van der Waals surface area (Å²) in [5.41, 5.74) is 4.17. The summed E-state index contributed by atoms with van der Waals surface area (Å²) in [6, 6.07) is 30.8. The largest absolute Gasteiger partial charge is 0.457 e. The van der Waals surface area contributed by atoms with Gasteiger partial charge in [-0.1, -0.05) is 78.9 Å². The SMILES string of the molecule is N#CCCN(CCC#N)c1ccc(/C=C/C2=CC(=C3C(=O)c4ccccc4C3=O)c3ccccc3O2)c2ccccc12. The number of rotatable bonds is 7. The van der Waals surface area contributed by atoms with Gasteiger partial charge in [-0.2, -0.15) is 10.5 Å². The minimum absolute atomic E-state index is 0.155. The molecule has 0 saturated carbocycles. The fourth-order valence-electron chi connectivity index (χ4n) is 5.56. The van der Waals surface area contributed by atoms with E-state index >= 15 is 0 Å². The van der Waals surface area contributed by atoms with Crippen LogP contribution in [0.3, 0.4) is 0 Å². The molecule has 0 unspecified atom stereocenters. The van der Waals surface area contributed by atoms with E-state index in [1.165, 1.54) is 0 Å². The Kier molecular flexibility index (Phi) is 7.20. The molecule has 0 bridgehead atoms. The van der Waals surface area contributed by atoms with Gasteiger partial charge in [-0.25, -0.2) is 0 Å². The van der Waals surface area contributed by atoms with Crippen LogP contribution in [0, 0.1) is 22.7 Å². The van der Waals surface area contributed by atoms with E-state index in [-0.39, 0.29) is 17.1 Å². The molecular formula is C36H25N3O3. The van der Waals surface area contributed by atoms with Gasteiger partial charge in [0.2, 0.25) is 0 Å². The average molecular weight is 548 g/mol. The molecule has 0 amide bonds. The molecule has 0 N–H and O–H groups in total. The number of benzene rings is 4. The molecule has 6 nitrogen and oxygen atoms in total. The molecule has 2 aliphatic rings. The Bertz CT molecular complexity index is 1880. The van der Waals surface area contributed by atoms with Gasteiger partial charge in [0.1, 0.15) is 11.5 Å². The number of nitriles is 2. The molecular weight excluding hydrogens is 522 g/mol. The van der Waals surface area contributed by atoms with Gasteiger partial charge in [-0.05, 0) is 35.2 Å². The lowest BCUT2D eigenvalue weighted by Crippen LogP contribution is -2.25. The Balaban J connectivity index is 1.41. The highest BCUT2D eigenvalue weighted by Crippen LogP contribution is 2.40. The number of Topliss-reactive ketones (excluding diaryl/α,β-unsaturated/α-hetero) is 2. The molecule has 0 atom stereocenters. The van der Waals surface area contributed by atoms with Gasteiger partial charge >= 0.3 is 0 Å². The van der Waals surface area contributed by atoms with Gasteiger partial charge in [-0.3, -0.25) is 9.59 Å². The molecule has 0 radical (unpaired) electrons. The first-order valence-electron chi connectivity index (χ1n) is 13.7. The zero-order valence-corrected chi connectivity index (χ0v) is 22.7. The first kappa shape index (κ1) is 26.5. The van der Waals surface area contributed by atoms with Crippen molar-refractivity contribution in [3.63, 3.8) is 0 Å². The monoisotopic (exact) mass is 547 g/mol. The van der Waals surface area contributed by atoms with Crippen molar-refractivity contribution in [2.75, 3.05) is 18.0 Å². The van der Waals surface area contributed by atoms with Crippen molar-refractivity contribution in [2.24, 2.45) is 0 Å². The molecule has 0 aromatic heterocycles. The van der Waals surface area contributed by atoms with Crippen molar-refractivity contribution in [2.45, 2.75) is 12.8 Å². The second-order valence-corrected chi connectivity index (χ2v) is 9.99. The predicted molar refractivity (Wildman–Crippen MR) is 163 cm³/mol. The molecule has 202 valence electrons. The highest BCUT2D eigenvalue weighted by Gasteiger charge is 2.36. The van der Waals surface area contributed by atoms with Gasteiger partial charge in [-0.15, -0.1) is 0 Å². The number of hydrogen-bond donors (Lipinski definition) is 0. The number of ketones is 2. The fourth-order valence-corrected chi connectivity index (χ4v) is 5.56. The fraction of sp³-hybridized carbons (Fsp3) is 0.111. The van der Waals surface area contributed by atoms with E-state index < -0.39 is 0 Å². The highest BCUT2D eigenvalue weighted by molar-refractivity contribution is 6.43. The summed E-state index contributed by atoms with van der Waals surface area (Å²) in [7, 11) is 0. The van der Waals surface area contributed by atoms with Crippen molar-refractivity contribution >= 4 is 39.7 Å². The van der Waals surface area contributed by atoms with Crippen LogP contribution in [-0.2, 0) is 0 Å². The number of hydrogen-bond acceptors (Lipinski definition) is 6. The van der Waals surface area contributed by atoms with Crippen molar-refractivity contribution < 1.29 is 14.3 Å². The lowest BCUT2D eigenvalue weighted by Gasteiger charge is -2.25. The second kappa shape index (κ2) is 11.4. The number of nitrogens with zero attached hydrogens (tertiary/aromatic N) is 3. The normalized spacial score (nSPS) is 13.8. The Morgan fingerprint density at radius 3 is 1.95 bits per heavy atom. The molecule has 4 aromatic carbocycles. The number of carbonyl (C=O) groups is 2. The Morgan fingerprint density at radius 1 is 0.690 bits per heavy atom. The van der Waals surface area contributed by atoms with Gasteiger partial charge in [0, 0.05) is 46.4 Å². The van der Waals surface area contributed by atoms with Gasteiger partial charge in [0.15, 0.2) is 11.6 Å². The smallest absolute Gasteiger partial charge is 0.198 e. The molecule has 6 heteroatoms. The molecule has 6 rings (SSSR count). The van der Waals surface area contributed by atoms with Crippen LogP contribution in [0.2, 0.25) is 0 Å². The number of para-hydroxylation sites is 1. The number of anilines is 1. The quantitative estimate of drug-likeness (QED) is 0.178. The number of ether oxygens (including phenoxy) is 1. The van der Waals surface area contributed by atoms with Crippen LogP contribution in [0.15, 0.2) is 108 Å². The molecule has 0 fully saturated rings. The number of fused-ring (bicyclic) bond motifs is 3. The van der Waals surface area contributed by atoms with Crippen LogP contribution < -0.4 is 9.64 Å². The zero-order chi connectivity index (χ0) is 29.1. The summed E-state index contributed by atoms with van der Waals surface area (Å²) < 4.78 is 6.20. The first-order valence-corrected chi connectivity index (χ1v) is 13.7. The standard InChI is InChI=1S/C36H25N3O3/c37-19-7-21-39(22-8-20-38)32-18-16-24(26-9-1-2-10-27(26)32)15-17-25-23-31(28-11-5-6-14-33(28)42-25)34-35(40)29-12-3-4-13-30(29)36(34)41/h1-6,9-18,23H,7-8,21-22H2/b17-15+. The second-order valence-electron chi connectivity index (χ2n) is 9.99. The maximum Gasteiger partial charge on any atom is 0.198 e. The Hall–Kier alpha value is -5.72. The van der Waals surface area contributed by atoms with Gasteiger partial charge in [0.05, 0.1) is 30.6 Å². The van der Waals surface area contributed by atoms with Gasteiger partial charge in [0.25, 0.3) is 0 Å². The van der Waals surface area contributed by atoms with Crippen molar-refractivity contribution in [1.82, 2.24) is 0 Å². The minimum Gasteiger partial charge on any atom is -0.457 e. The van der Waals surface area contributed by atoms with Crippen LogP contribution in [0.25, 0.3) is 22.4 Å². The molecule has 1 heterocycles. The first-order chi connectivity index (χ1) is 20.6. The Morgan fingerprint density at radius 2 is 1.29 bits per heavy atom. The molecule has 42 heavy (non-hydrogen) atoms. The molecule has 1 aliphatic carbocycles. The lowest BCUT2D eigenvalue weighted by atomic mass is 9.93. The zero-order valence-electron chi connectivity index (χ0n) is 22.7. The lowest BCUT2D eigenvalue weighted by molar-refractivity contribution is 0.0990. The van der Waals surface area contributed by atoms with E-state index in [9.17, 15) is 9.59 Å². The van der Waals surface area contributed by atoms with Crippen LogP contribution in [-0.4, -0.2) is 24.7 Å². The van der Waals surface area contributed by atoms with E-state index in [4.69, 9.17) is 15.3 Å². The molecule has 0 spiro atoms. The summed E-state index contributed by atoms with van der Waals surface area (Å²) in [4.78, 5) is 28.8. The van der Waals surface area contributed by atoms with E-state index in [1.807, 2.05) is 72.8 Å². The van der Waals surface area contributed by atoms with E-state index in [0.29, 0.717) is 59.7 Å². The van der Waals surface area contributed by atoms with Crippen LogP contribution >= 0.6 is 0 Å². The number of carbonyl (C=O) groups excluding carboxylic acids is 2. The van der Waals surface area contributed by atoms with Crippen LogP contribution in [0.1, 0.15) is 44.7 Å². The summed E-state index contributed by atoms with van der Waals surface area (Å²) in [5.74, 6) is 0.525.